The molecule has 1 aliphatic heterocycles. The van der Waals surface area contributed by atoms with Gasteiger partial charge in [-0.2, -0.15) is 31.8 Å². The molecule has 1 aromatic heterocycles. The van der Waals surface area contributed by atoms with Crippen LogP contribution in [0.1, 0.15) is 40.5 Å². The molecule has 13 nitrogen and oxygen atoms in total. The first kappa shape index (κ1) is 28.6. The Kier molecular flexibility index (Phi) is 7.57. The molecule has 2 heterocycles. The number of benzene rings is 2. The SMILES string of the molecule is CC1(C)CC(Nc2nc(Nc3ccccc3)nc(Nc3cc(S(=O)(=O)O)ccc3S(=O)(=O)O)n2)CC(C)(C)N1. The zero-order valence-corrected chi connectivity index (χ0v) is 23.4. The number of nitrogens with zero attached hydrogens (tertiary/aromatic N) is 3. The van der Waals surface area contributed by atoms with Crippen molar-refractivity contribution < 1.29 is 25.9 Å². The third kappa shape index (κ3) is 7.60. The van der Waals surface area contributed by atoms with Gasteiger partial charge in [-0.15, -0.1) is 0 Å². The molecule has 3 aromatic rings. The second kappa shape index (κ2) is 10.3. The standard InChI is InChI=1S/C24H31N7O6S2/c1-23(2)13-16(14-24(3,4)31-23)26-21-28-20(25-15-8-6-5-7-9-15)29-22(30-21)27-18-12-17(38(32,33)34)10-11-19(18)39(35,36)37/h5-12,16,31H,13-14H2,1-4H3,(H,32,33,34)(H,35,36,37)(H3,25,26,27,28,29,30). The molecule has 0 amide bonds. The summed E-state index contributed by atoms with van der Waals surface area (Å²) in [6, 6.07) is 11.6. The maximum Gasteiger partial charge on any atom is 0.296 e. The highest BCUT2D eigenvalue weighted by Crippen LogP contribution is 2.31. The van der Waals surface area contributed by atoms with E-state index in [1.807, 2.05) is 18.2 Å². The lowest BCUT2D eigenvalue weighted by atomic mass is 9.80. The molecule has 0 radical (unpaired) electrons. The summed E-state index contributed by atoms with van der Waals surface area (Å²) >= 11 is 0. The molecule has 210 valence electrons. The van der Waals surface area contributed by atoms with E-state index in [9.17, 15) is 25.9 Å². The van der Waals surface area contributed by atoms with Crippen LogP contribution in [0.15, 0.2) is 58.3 Å². The van der Waals surface area contributed by atoms with Crippen molar-refractivity contribution in [2.75, 3.05) is 16.0 Å². The average Bonchev–Trinajstić information content (AvgIpc) is 2.76. The Morgan fingerprint density at radius 1 is 0.795 bits per heavy atom. The van der Waals surface area contributed by atoms with Crippen LogP contribution in [0.5, 0.6) is 0 Å². The molecule has 0 aliphatic carbocycles. The van der Waals surface area contributed by atoms with Gasteiger partial charge in [0.25, 0.3) is 20.2 Å². The summed E-state index contributed by atoms with van der Waals surface area (Å²) in [4.78, 5) is 11.9. The maximum atomic E-state index is 12.0. The van der Waals surface area contributed by atoms with Gasteiger partial charge in [0.1, 0.15) is 4.90 Å². The summed E-state index contributed by atoms with van der Waals surface area (Å²) in [5.74, 6) is 0.160. The van der Waals surface area contributed by atoms with Gasteiger partial charge in [0, 0.05) is 22.8 Å². The van der Waals surface area contributed by atoms with Crippen LogP contribution in [0, 0.1) is 0 Å². The number of hydrogen-bond donors (Lipinski definition) is 6. The number of para-hydroxylation sites is 1. The quantitative estimate of drug-likeness (QED) is 0.213. The van der Waals surface area contributed by atoms with Gasteiger partial charge in [-0.3, -0.25) is 9.11 Å². The first-order valence-corrected chi connectivity index (χ1v) is 14.9. The Hall–Kier alpha value is -3.37. The van der Waals surface area contributed by atoms with Gasteiger partial charge in [0.2, 0.25) is 17.8 Å². The zero-order valence-electron chi connectivity index (χ0n) is 21.8. The lowest BCUT2D eigenvalue weighted by molar-refractivity contribution is 0.170. The highest BCUT2D eigenvalue weighted by atomic mass is 32.2. The van der Waals surface area contributed by atoms with E-state index >= 15 is 0 Å². The maximum absolute atomic E-state index is 12.0. The van der Waals surface area contributed by atoms with Crippen molar-refractivity contribution in [2.24, 2.45) is 0 Å². The molecule has 4 rings (SSSR count). The summed E-state index contributed by atoms with van der Waals surface area (Å²) in [7, 11) is -9.46. The number of rotatable bonds is 8. The van der Waals surface area contributed by atoms with Crippen molar-refractivity contribution in [1.82, 2.24) is 20.3 Å². The fraction of sp³-hybridized carbons (Fsp3) is 0.375. The smallest absolute Gasteiger partial charge is 0.296 e. The number of aromatic nitrogens is 3. The Morgan fingerprint density at radius 3 is 1.92 bits per heavy atom. The van der Waals surface area contributed by atoms with Gasteiger partial charge in [-0.1, -0.05) is 18.2 Å². The molecule has 6 N–H and O–H groups in total. The van der Waals surface area contributed by atoms with Crippen molar-refractivity contribution in [3.05, 3.63) is 48.5 Å². The van der Waals surface area contributed by atoms with Crippen LogP contribution in [0.25, 0.3) is 0 Å². The second-order valence-corrected chi connectivity index (χ2v) is 13.5. The van der Waals surface area contributed by atoms with E-state index in [2.05, 4.69) is 63.9 Å². The van der Waals surface area contributed by atoms with Crippen molar-refractivity contribution >= 4 is 49.5 Å². The molecule has 15 heteroatoms. The number of anilines is 5. The molecule has 39 heavy (non-hydrogen) atoms. The summed E-state index contributed by atoms with van der Waals surface area (Å²) in [6.07, 6.45) is 1.52. The molecular weight excluding hydrogens is 546 g/mol. The molecule has 0 bridgehead atoms. The molecule has 1 aliphatic rings. The number of nitrogens with one attached hydrogen (secondary N) is 4. The first-order valence-electron chi connectivity index (χ1n) is 12.0. The van der Waals surface area contributed by atoms with Gasteiger partial charge >= 0.3 is 0 Å². The van der Waals surface area contributed by atoms with Gasteiger partial charge < -0.3 is 21.3 Å². The summed E-state index contributed by atoms with van der Waals surface area (Å²) in [5.41, 5.74) is -0.0188. The van der Waals surface area contributed by atoms with Crippen LogP contribution in [0.2, 0.25) is 0 Å². The van der Waals surface area contributed by atoms with Crippen LogP contribution in [0.3, 0.4) is 0 Å². The Balaban J connectivity index is 1.75. The van der Waals surface area contributed by atoms with Gasteiger partial charge in [-0.05, 0) is 70.9 Å². The lowest BCUT2D eigenvalue weighted by Gasteiger charge is -2.46. The lowest BCUT2D eigenvalue weighted by Crippen LogP contribution is -2.60. The van der Waals surface area contributed by atoms with Crippen molar-refractivity contribution in [3.8, 4) is 0 Å². The molecule has 2 aromatic carbocycles. The molecule has 0 spiro atoms. The molecule has 0 unspecified atom stereocenters. The van der Waals surface area contributed by atoms with E-state index < -0.39 is 30.0 Å². The molecule has 1 fully saturated rings. The minimum Gasteiger partial charge on any atom is -0.351 e. The van der Waals surface area contributed by atoms with Crippen LogP contribution < -0.4 is 21.3 Å². The highest BCUT2D eigenvalue weighted by Gasteiger charge is 2.38. The highest BCUT2D eigenvalue weighted by molar-refractivity contribution is 7.86. The normalized spacial score (nSPS) is 17.4. The fourth-order valence-corrected chi connectivity index (χ4v) is 6.06. The van der Waals surface area contributed by atoms with E-state index in [0.717, 1.165) is 31.0 Å². The largest absolute Gasteiger partial charge is 0.351 e. The minimum absolute atomic E-state index is 0.0210. The van der Waals surface area contributed by atoms with Crippen molar-refractivity contribution in [1.29, 1.82) is 0 Å². The van der Waals surface area contributed by atoms with E-state index in [1.54, 1.807) is 12.1 Å². The third-order valence-electron chi connectivity index (χ3n) is 5.96. The Bertz CT molecular complexity index is 1560. The van der Waals surface area contributed by atoms with Gasteiger partial charge in [0.15, 0.2) is 0 Å². The average molecular weight is 578 g/mol. The Labute approximate surface area is 227 Å². The molecule has 0 saturated carbocycles. The molecular formula is C24H31N7O6S2. The summed E-state index contributed by atoms with van der Waals surface area (Å²) < 4.78 is 66.5. The minimum atomic E-state index is -4.78. The summed E-state index contributed by atoms with van der Waals surface area (Å²) in [6.45, 7) is 8.41. The number of piperidine rings is 1. The predicted octanol–water partition coefficient (Wildman–Crippen LogP) is 3.57. The molecule has 0 atom stereocenters. The summed E-state index contributed by atoms with van der Waals surface area (Å²) in [5, 5.41) is 12.7. The monoisotopic (exact) mass is 577 g/mol. The van der Waals surface area contributed by atoms with Gasteiger partial charge in [-0.25, -0.2) is 0 Å². The van der Waals surface area contributed by atoms with E-state index in [1.165, 1.54) is 0 Å². The van der Waals surface area contributed by atoms with Crippen LogP contribution in [-0.2, 0) is 20.2 Å². The van der Waals surface area contributed by atoms with Crippen LogP contribution >= 0.6 is 0 Å². The topological polar surface area (TPSA) is 196 Å². The first-order chi connectivity index (χ1) is 18.0. The number of hydrogen-bond acceptors (Lipinski definition) is 11. The van der Waals surface area contributed by atoms with Crippen LogP contribution in [-0.4, -0.2) is 58.0 Å². The predicted molar refractivity (Wildman–Crippen MR) is 147 cm³/mol. The van der Waals surface area contributed by atoms with Crippen molar-refractivity contribution in [2.45, 2.75) is 67.4 Å². The second-order valence-electron chi connectivity index (χ2n) is 10.7. The van der Waals surface area contributed by atoms with E-state index in [0.29, 0.717) is 5.69 Å². The zero-order chi connectivity index (χ0) is 28.6. The van der Waals surface area contributed by atoms with E-state index in [4.69, 9.17) is 0 Å². The van der Waals surface area contributed by atoms with E-state index in [-0.39, 0.29) is 40.7 Å². The Morgan fingerprint density at radius 2 is 1.36 bits per heavy atom. The van der Waals surface area contributed by atoms with Gasteiger partial charge in [0.05, 0.1) is 10.6 Å². The van der Waals surface area contributed by atoms with Crippen molar-refractivity contribution in [3.63, 3.8) is 0 Å². The van der Waals surface area contributed by atoms with Crippen LogP contribution in [0.4, 0.5) is 29.2 Å². The fourth-order valence-electron chi connectivity index (χ4n) is 4.92. The molecule has 1 saturated heterocycles. The third-order valence-corrected chi connectivity index (χ3v) is 7.72.